The first-order chi connectivity index (χ1) is 14.3. The molecule has 0 saturated carbocycles. The number of hydrazone groups is 1. The van der Waals surface area contributed by atoms with E-state index < -0.39 is 23.7 Å². The standard InChI is InChI=1S/C21H23FIN3O4/c1-12(2)18(25-20(27)14-5-7-15(22)8-6-14)21(28)26-24-11-13-9-16(23)19(30-4)17(10-13)29-3/h5-12,18H,1-4H3,(H,25,27)(H,26,28). The lowest BCUT2D eigenvalue weighted by molar-refractivity contribution is -0.123. The van der Waals surface area contributed by atoms with Crippen LogP contribution in [0.3, 0.4) is 0 Å². The molecule has 1 unspecified atom stereocenters. The van der Waals surface area contributed by atoms with Crippen LogP contribution in [-0.2, 0) is 4.79 Å². The summed E-state index contributed by atoms with van der Waals surface area (Å²) in [6.07, 6.45) is 1.47. The highest BCUT2D eigenvalue weighted by atomic mass is 127. The summed E-state index contributed by atoms with van der Waals surface area (Å²) in [5.41, 5.74) is 3.41. The highest BCUT2D eigenvalue weighted by molar-refractivity contribution is 14.1. The van der Waals surface area contributed by atoms with Crippen molar-refractivity contribution < 1.29 is 23.5 Å². The van der Waals surface area contributed by atoms with Gasteiger partial charge in [-0.3, -0.25) is 9.59 Å². The Labute approximate surface area is 188 Å². The third-order valence-electron chi connectivity index (χ3n) is 4.19. The molecule has 0 bridgehead atoms. The Kier molecular flexibility index (Phi) is 8.58. The number of hydrogen-bond acceptors (Lipinski definition) is 5. The van der Waals surface area contributed by atoms with Crippen molar-refractivity contribution in [1.29, 1.82) is 0 Å². The van der Waals surface area contributed by atoms with E-state index >= 15 is 0 Å². The summed E-state index contributed by atoms with van der Waals surface area (Å²) in [5, 5.41) is 6.64. The molecule has 0 aliphatic heterocycles. The zero-order valence-electron chi connectivity index (χ0n) is 17.0. The van der Waals surface area contributed by atoms with Gasteiger partial charge in [-0.15, -0.1) is 0 Å². The average molecular weight is 527 g/mol. The fourth-order valence-electron chi connectivity index (χ4n) is 2.61. The minimum absolute atomic E-state index is 0.188. The minimum Gasteiger partial charge on any atom is -0.493 e. The van der Waals surface area contributed by atoms with E-state index in [1.54, 1.807) is 27.0 Å². The summed E-state index contributed by atoms with van der Waals surface area (Å²) in [6, 6.07) is 7.83. The molecule has 2 rings (SSSR count). The number of ether oxygens (including phenoxy) is 2. The van der Waals surface area contributed by atoms with Crippen molar-refractivity contribution in [3.05, 3.63) is 56.9 Å². The molecule has 9 heteroatoms. The van der Waals surface area contributed by atoms with Gasteiger partial charge in [0.2, 0.25) is 0 Å². The van der Waals surface area contributed by atoms with Gasteiger partial charge in [-0.1, -0.05) is 13.8 Å². The fraction of sp³-hybridized carbons (Fsp3) is 0.286. The molecule has 2 aromatic carbocycles. The molecule has 0 spiro atoms. The molecule has 0 aliphatic rings. The van der Waals surface area contributed by atoms with E-state index in [0.29, 0.717) is 17.1 Å². The van der Waals surface area contributed by atoms with Crippen molar-refractivity contribution in [2.45, 2.75) is 19.9 Å². The SMILES string of the molecule is COc1cc(C=NNC(=O)C(NC(=O)c2ccc(F)cc2)C(C)C)cc(I)c1OC. The van der Waals surface area contributed by atoms with E-state index in [1.807, 2.05) is 6.07 Å². The van der Waals surface area contributed by atoms with Gasteiger partial charge in [0.15, 0.2) is 11.5 Å². The lowest BCUT2D eigenvalue weighted by Crippen LogP contribution is -2.48. The first-order valence-electron chi connectivity index (χ1n) is 9.07. The fourth-order valence-corrected chi connectivity index (χ4v) is 3.46. The monoisotopic (exact) mass is 527 g/mol. The number of methoxy groups -OCH3 is 2. The molecule has 30 heavy (non-hydrogen) atoms. The molecule has 7 nitrogen and oxygen atoms in total. The number of amides is 2. The summed E-state index contributed by atoms with van der Waals surface area (Å²) >= 11 is 2.12. The molecule has 0 saturated heterocycles. The summed E-state index contributed by atoms with van der Waals surface area (Å²) < 4.78 is 24.5. The maximum atomic E-state index is 13.0. The Morgan fingerprint density at radius 1 is 1.13 bits per heavy atom. The minimum atomic E-state index is -0.815. The van der Waals surface area contributed by atoms with Crippen LogP contribution >= 0.6 is 22.6 Å². The topological polar surface area (TPSA) is 89.0 Å². The maximum Gasteiger partial charge on any atom is 0.262 e. The number of hydrogen-bond donors (Lipinski definition) is 2. The van der Waals surface area contributed by atoms with Gasteiger partial charge in [0.25, 0.3) is 11.8 Å². The number of nitrogens with zero attached hydrogens (tertiary/aromatic N) is 1. The van der Waals surface area contributed by atoms with Gasteiger partial charge in [-0.2, -0.15) is 5.10 Å². The third-order valence-corrected chi connectivity index (χ3v) is 4.99. The molecule has 160 valence electrons. The van der Waals surface area contributed by atoms with Crippen LogP contribution in [0.2, 0.25) is 0 Å². The van der Waals surface area contributed by atoms with Crippen LogP contribution in [-0.4, -0.2) is 38.3 Å². The van der Waals surface area contributed by atoms with Crippen LogP contribution in [0.1, 0.15) is 29.8 Å². The van der Waals surface area contributed by atoms with Gasteiger partial charge >= 0.3 is 0 Å². The third kappa shape index (κ3) is 6.15. The first kappa shape index (κ1) is 23.6. The van der Waals surface area contributed by atoms with Crippen molar-refractivity contribution in [2.24, 2.45) is 11.0 Å². The molecular weight excluding hydrogens is 504 g/mol. The van der Waals surface area contributed by atoms with Crippen LogP contribution in [0, 0.1) is 15.3 Å². The van der Waals surface area contributed by atoms with Crippen molar-refractivity contribution >= 4 is 40.6 Å². The Balaban J connectivity index is 2.07. The molecule has 0 radical (unpaired) electrons. The number of nitrogens with one attached hydrogen (secondary N) is 2. The second kappa shape index (κ2) is 10.9. The Bertz CT molecular complexity index is 933. The lowest BCUT2D eigenvalue weighted by atomic mass is 10.0. The van der Waals surface area contributed by atoms with Gasteiger partial charge in [-0.05, 0) is 70.5 Å². The van der Waals surface area contributed by atoms with Gasteiger partial charge < -0.3 is 14.8 Å². The second-order valence-electron chi connectivity index (χ2n) is 6.67. The summed E-state index contributed by atoms with van der Waals surface area (Å²) in [7, 11) is 3.09. The summed E-state index contributed by atoms with van der Waals surface area (Å²) in [4.78, 5) is 24.9. The molecule has 2 amide bonds. The highest BCUT2D eigenvalue weighted by Gasteiger charge is 2.24. The molecule has 0 heterocycles. The van der Waals surface area contributed by atoms with Gasteiger partial charge in [0.05, 0.1) is 24.0 Å². The Morgan fingerprint density at radius 2 is 1.80 bits per heavy atom. The number of benzene rings is 2. The zero-order chi connectivity index (χ0) is 22.3. The van der Waals surface area contributed by atoms with Crippen molar-refractivity contribution in [3.8, 4) is 11.5 Å². The van der Waals surface area contributed by atoms with Crippen LogP contribution in [0.25, 0.3) is 0 Å². The molecule has 0 fully saturated rings. The second-order valence-corrected chi connectivity index (χ2v) is 7.84. The molecule has 0 aromatic heterocycles. The molecule has 1 atom stereocenters. The number of halogens is 2. The van der Waals surface area contributed by atoms with Crippen LogP contribution in [0.15, 0.2) is 41.5 Å². The van der Waals surface area contributed by atoms with Gasteiger partial charge in [-0.25, -0.2) is 9.82 Å². The predicted molar refractivity (Wildman–Crippen MR) is 120 cm³/mol. The van der Waals surface area contributed by atoms with E-state index in [-0.39, 0.29) is 11.5 Å². The molecule has 2 aromatic rings. The van der Waals surface area contributed by atoms with Gasteiger partial charge in [0, 0.05) is 5.56 Å². The molecule has 2 N–H and O–H groups in total. The number of carbonyl (C=O) groups excluding carboxylic acids is 2. The maximum absolute atomic E-state index is 13.0. The Morgan fingerprint density at radius 3 is 2.37 bits per heavy atom. The zero-order valence-corrected chi connectivity index (χ0v) is 19.2. The smallest absolute Gasteiger partial charge is 0.262 e. The number of rotatable bonds is 8. The van der Waals surface area contributed by atoms with Crippen LogP contribution in [0.5, 0.6) is 11.5 Å². The first-order valence-corrected chi connectivity index (χ1v) is 10.2. The van der Waals surface area contributed by atoms with Crippen LogP contribution in [0.4, 0.5) is 4.39 Å². The average Bonchev–Trinajstić information content (AvgIpc) is 2.71. The Hall–Kier alpha value is -2.69. The highest BCUT2D eigenvalue weighted by Crippen LogP contribution is 2.32. The predicted octanol–water partition coefficient (Wildman–Crippen LogP) is 3.35. The van der Waals surface area contributed by atoms with Gasteiger partial charge in [0.1, 0.15) is 11.9 Å². The molecule has 0 aliphatic carbocycles. The van der Waals surface area contributed by atoms with Crippen molar-refractivity contribution in [1.82, 2.24) is 10.7 Å². The van der Waals surface area contributed by atoms with E-state index in [1.165, 1.54) is 37.6 Å². The van der Waals surface area contributed by atoms with E-state index in [2.05, 4.69) is 38.4 Å². The largest absolute Gasteiger partial charge is 0.493 e. The summed E-state index contributed by atoms with van der Waals surface area (Å²) in [5.74, 6) is -0.406. The quantitative estimate of drug-likeness (QED) is 0.313. The normalized spacial score (nSPS) is 12.0. The van der Waals surface area contributed by atoms with E-state index in [0.717, 1.165) is 3.57 Å². The lowest BCUT2D eigenvalue weighted by Gasteiger charge is -2.20. The van der Waals surface area contributed by atoms with E-state index in [9.17, 15) is 14.0 Å². The number of carbonyl (C=O) groups is 2. The summed E-state index contributed by atoms with van der Waals surface area (Å²) in [6.45, 7) is 3.60. The molecular formula is C21H23FIN3O4. The van der Waals surface area contributed by atoms with Crippen molar-refractivity contribution in [2.75, 3.05) is 14.2 Å². The van der Waals surface area contributed by atoms with Crippen LogP contribution < -0.4 is 20.2 Å². The van der Waals surface area contributed by atoms with E-state index in [4.69, 9.17) is 9.47 Å². The van der Waals surface area contributed by atoms with Crippen molar-refractivity contribution in [3.63, 3.8) is 0 Å².